The highest BCUT2D eigenvalue weighted by atomic mass is 16.3. The molecule has 3 heteroatoms. The number of hydrogen-bond donors (Lipinski definition) is 1. The molecule has 0 aromatic rings. The van der Waals surface area contributed by atoms with Crippen LogP contribution in [0.5, 0.6) is 0 Å². The van der Waals surface area contributed by atoms with Crippen molar-refractivity contribution in [3.8, 4) is 0 Å². The van der Waals surface area contributed by atoms with Crippen molar-refractivity contribution in [3.63, 3.8) is 0 Å². The molecule has 2 fully saturated rings. The summed E-state index contributed by atoms with van der Waals surface area (Å²) in [5, 5.41) is 9.20. The van der Waals surface area contributed by atoms with E-state index in [2.05, 4.69) is 9.80 Å². The maximum atomic E-state index is 9.20. The van der Waals surface area contributed by atoms with Crippen LogP contribution in [0, 0.1) is 5.92 Å². The third-order valence-corrected chi connectivity index (χ3v) is 3.77. The van der Waals surface area contributed by atoms with E-state index < -0.39 is 0 Å². The Morgan fingerprint density at radius 1 is 1.12 bits per heavy atom. The topological polar surface area (TPSA) is 26.7 Å². The second-order valence-corrected chi connectivity index (χ2v) is 5.58. The maximum absolute atomic E-state index is 9.20. The highest BCUT2D eigenvalue weighted by molar-refractivity contribution is 4.80. The van der Waals surface area contributed by atoms with E-state index in [4.69, 9.17) is 0 Å². The molecule has 0 bridgehead atoms. The summed E-state index contributed by atoms with van der Waals surface area (Å²) in [5.41, 5.74) is 0. The molecule has 2 aliphatic rings. The third-order valence-electron chi connectivity index (χ3n) is 3.77. The molecule has 1 unspecified atom stereocenters. The Morgan fingerprint density at radius 3 is 2.31 bits per heavy atom. The van der Waals surface area contributed by atoms with Gasteiger partial charge in [0.05, 0.1) is 6.10 Å². The van der Waals surface area contributed by atoms with E-state index in [1.807, 2.05) is 6.92 Å². The van der Waals surface area contributed by atoms with E-state index in [-0.39, 0.29) is 6.10 Å². The lowest BCUT2D eigenvalue weighted by atomic mass is 10.2. The van der Waals surface area contributed by atoms with Gasteiger partial charge in [-0.15, -0.1) is 0 Å². The van der Waals surface area contributed by atoms with Gasteiger partial charge >= 0.3 is 0 Å². The van der Waals surface area contributed by atoms with Crippen LogP contribution < -0.4 is 0 Å². The fraction of sp³-hybridized carbons (Fsp3) is 1.00. The van der Waals surface area contributed by atoms with Crippen LogP contribution in [-0.4, -0.2) is 60.3 Å². The van der Waals surface area contributed by atoms with Crippen LogP contribution in [0.4, 0.5) is 0 Å². The number of nitrogens with zero attached hydrogens (tertiary/aromatic N) is 2. The predicted molar refractivity (Wildman–Crippen MR) is 66.5 cm³/mol. The van der Waals surface area contributed by atoms with Gasteiger partial charge in [0.2, 0.25) is 0 Å². The second kappa shape index (κ2) is 5.99. The average Bonchev–Trinajstić information content (AvgIpc) is 3.04. The lowest BCUT2D eigenvalue weighted by Crippen LogP contribution is -2.47. The minimum Gasteiger partial charge on any atom is -0.393 e. The van der Waals surface area contributed by atoms with E-state index >= 15 is 0 Å². The predicted octanol–water partition coefficient (Wildman–Crippen LogP) is 1.17. The zero-order valence-corrected chi connectivity index (χ0v) is 10.6. The van der Waals surface area contributed by atoms with E-state index in [0.29, 0.717) is 0 Å². The first kappa shape index (κ1) is 12.3. The Labute approximate surface area is 99.4 Å². The normalized spacial score (nSPS) is 25.9. The van der Waals surface area contributed by atoms with Crippen molar-refractivity contribution in [2.24, 2.45) is 5.92 Å². The summed E-state index contributed by atoms with van der Waals surface area (Å²) in [6.07, 6.45) is 4.89. The van der Waals surface area contributed by atoms with Gasteiger partial charge in [-0.05, 0) is 45.1 Å². The van der Waals surface area contributed by atoms with E-state index in [9.17, 15) is 5.11 Å². The molecule has 0 radical (unpaired) electrons. The highest BCUT2D eigenvalue weighted by Gasteiger charge is 2.26. The fourth-order valence-electron chi connectivity index (χ4n) is 2.47. The highest BCUT2D eigenvalue weighted by Crippen LogP contribution is 2.29. The Bertz CT molecular complexity index is 196. The molecular formula is C13H26N2O. The standard InChI is InChI=1S/C13H26N2O/c1-12(16)3-2-6-14-7-9-15(10-8-14)11-13-4-5-13/h12-13,16H,2-11H2,1H3. The zero-order chi connectivity index (χ0) is 11.4. The molecule has 0 amide bonds. The van der Waals surface area contributed by atoms with Crippen molar-refractivity contribution in [2.75, 3.05) is 39.3 Å². The molecule has 1 saturated heterocycles. The first-order chi connectivity index (χ1) is 7.74. The lowest BCUT2D eigenvalue weighted by Gasteiger charge is -2.34. The van der Waals surface area contributed by atoms with Crippen molar-refractivity contribution >= 4 is 0 Å². The Morgan fingerprint density at radius 2 is 1.75 bits per heavy atom. The first-order valence-corrected chi connectivity index (χ1v) is 6.87. The van der Waals surface area contributed by atoms with Gasteiger partial charge in [0.15, 0.2) is 0 Å². The Balaban J connectivity index is 1.53. The van der Waals surface area contributed by atoms with Crippen LogP contribution >= 0.6 is 0 Å². The summed E-state index contributed by atoms with van der Waals surface area (Å²) < 4.78 is 0. The largest absolute Gasteiger partial charge is 0.393 e. The molecule has 3 nitrogen and oxygen atoms in total. The van der Waals surface area contributed by atoms with Gasteiger partial charge in [0.25, 0.3) is 0 Å². The van der Waals surface area contributed by atoms with Gasteiger partial charge in [-0.3, -0.25) is 0 Å². The van der Waals surface area contributed by atoms with Crippen molar-refractivity contribution in [3.05, 3.63) is 0 Å². The summed E-state index contributed by atoms with van der Waals surface area (Å²) in [4.78, 5) is 5.18. The van der Waals surface area contributed by atoms with Gasteiger partial charge in [0, 0.05) is 32.7 Å². The SMILES string of the molecule is CC(O)CCCN1CCN(CC2CC2)CC1. The minimum atomic E-state index is -0.129. The molecule has 0 aromatic heterocycles. The van der Waals surface area contributed by atoms with E-state index in [1.165, 1.54) is 52.1 Å². The van der Waals surface area contributed by atoms with Crippen LogP contribution in [-0.2, 0) is 0 Å². The second-order valence-electron chi connectivity index (χ2n) is 5.58. The summed E-state index contributed by atoms with van der Waals surface area (Å²) in [6, 6.07) is 0. The zero-order valence-electron chi connectivity index (χ0n) is 10.6. The minimum absolute atomic E-state index is 0.129. The van der Waals surface area contributed by atoms with Crippen molar-refractivity contribution in [2.45, 2.75) is 38.7 Å². The molecule has 1 heterocycles. The van der Waals surface area contributed by atoms with E-state index in [0.717, 1.165) is 18.8 Å². The summed E-state index contributed by atoms with van der Waals surface area (Å²) in [7, 11) is 0. The van der Waals surface area contributed by atoms with Crippen LogP contribution in [0.3, 0.4) is 0 Å². The third kappa shape index (κ3) is 4.40. The Kier molecular flexibility index (Phi) is 4.62. The van der Waals surface area contributed by atoms with Crippen LogP contribution in [0.2, 0.25) is 0 Å². The monoisotopic (exact) mass is 226 g/mol. The van der Waals surface area contributed by atoms with Crippen LogP contribution in [0.25, 0.3) is 0 Å². The average molecular weight is 226 g/mol. The number of aliphatic hydroxyl groups excluding tert-OH is 1. The number of piperazine rings is 1. The van der Waals surface area contributed by atoms with Crippen LogP contribution in [0.15, 0.2) is 0 Å². The molecule has 2 rings (SSSR count). The summed E-state index contributed by atoms with van der Waals surface area (Å²) >= 11 is 0. The smallest absolute Gasteiger partial charge is 0.0512 e. The summed E-state index contributed by atoms with van der Waals surface area (Å²) in [6.45, 7) is 9.37. The van der Waals surface area contributed by atoms with Crippen LogP contribution in [0.1, 0.15) is 32.6 Å². The molecule has 1 N–H and O–H groups in total. The molecule has 94 valence electrons. The van der Waals surface area contributed by atoms with Crippen molar-refractivity contribution in [1.82, 2.24) is 9.80 Å². The number of hydrogen-bond acceptors (Lipinski definition) is 3. The number of aliphatic hydroxyl groups is 1. The van der Waals surface area contributed by atoms with Gasteiger partial charge in [-0.2, -0.15) is 0 Å². The Hall–Kier alpha value is -0.120. The molecule has 1 saturated carbocycles. The maximum Gasteiger partial charge on any atom is 0.0512 e. The quantitative estimate of drug-likeness (QED) is 0.736. The molecule has 1 aliphatic carbocycles. The van der Waals surface area contributed by atoms with Gasteiger partial charge in [0.1, 0.15) is 0 Å². The molecule has 0 aromatic carbocycles. The lowest BCUT2D eigenvalue weighted by molar-refractivity contribution is 0.119. The number of rotatable bonds is 6. The molecule has 1 aliphatic heterocycles. The van der Waals surface area contributed by atoms with Crippen molar-refractivity contribution in [1.29, 1.82) is 0 Å². The van der Waals surface area contributed by atoms with E-state index in [1.54, 1.807) is 0 Å². The van der Waals surface area contributed by atoms with Gasteiger partial charge in [-0.25, -0.2) is 0 Å². The molecule has 16 heavy (non-hydrogen) atoms. The first-order valence-electron chi connectivity index (χ1n) is 6.87. The fourth-order valence-corrected chi connectivity index (χ4v) is 2.47. The van der Waals surface area contributed by atoms with Gasteiger partial charge < -0.3 is 14.9 Å². The van der Waals surface area contributed by atoms with Crippen molar-refractivity contribution < 1.29 is 5.11 Å². The molecule has 0 spiro atoms. The van der Waals surface area contributed by atoms with Gasteiger partial charge in [-0.1, -0.05) is 0 Å². The molecule has 1 atom stereocenters. The summed E-state index contributed by atoms with van der Waals surface area (Å²) in [5.74, 6) is 1.03. The molecular weight excluding hydrogens is 200 g/mol.